The molecule has 144 valence electrons. The van der Waals surface area contributed by atoms with Crippen LogP contribution < -0.4 is 10.6 Å². The van der Waals surface area contributed by atoms with Gasteiger partial charge in [0.25, 0.3) is 0 Å². The summed E-state index contributed by atoms with van der Waals surface area (Å²) >= 11 is 1.28. The minimum atomic E-state index is -0.408. The van der Waals surface area contributed by atoms with Crippen LogP contribution in [0.2, 0.25) is 0 Å². The number of nitrogens with zero attached hydrogens (tertiary/aromatic N) is 3. The Morgan fingerprint density at radius 2 is 1.89 bits per heavy atom. The van der Waals surface area contributed by atoms with Crippen molar-refractivity contribution in [2.45, 2.75) is 56.8 Å². The highest BCUT2D eigenvalue weighted by Crippen LogP contribution is 2.23. The molecular weight excluding hydrogens is 362 g/mol. The van der Waals surface area contributed by atoms with Crippen molar-refractivity contribution < 1.29 is 9.59 Å². The molecule has 3 rings (SSSR count). The lowest BCUT2D eigenvalue weighted by atomic mass is 9.96. The molecule has 0 bridgehead atoms. The van der Waals surface area contributed by atoms with Gasteiger partial charge in [-0.2, -0.15) is 0 Å². The number of thioether (sulfide) groups is 1. The first kappa shape index (κ1) is 19.4. The molecular formula is C19H25N5O2S. The van der Waals surface area contributed by atoms with Gasteiger partial charge in [0, 0.05) is 18.2 Å². The molecule has 2 aromatic rings. The highest BCUT2D eigenvalue weighted by atomic mass is 32.2. The van der Waals surface area contributed by atoms with Crippen molar-refractivity contribution in [2.24, 2.45) is 0 Å². The molecule has 0 saturated heterocycles. The number of aromatic nitrogens is 3. The van der Waals surface area contributed by atoms with Gasteiger partial charge in [-0.25, -0.2) is 4.79 Å². The average molecular weight is 388 g/mol. The summed E-state index contributed by atoms with van der Waals surface area (Å²) in [6, 6.07) is 9.59. The zero-order valence-electron chi connectivity index (χ0n) is 15.5. The summed E-state index contributed by atoms with van der Waals surface area (Å²) in [5.74, 6) is 0.557. The number of amides is 3. The van der Waals surface area contributed by atoms with Crippen LogP contribution in [-0.4, -0.2) is 38.5 Å². The Kier molecular flexibility index (Phi) is 6.86. The summed E-state index contributed by atoms with van der Waals surface area (Å²) in [6.07, 6.45) is 5.45. The lowest BCUT2D eigenvalue weighted by Gasteiger charge is -2.22. The van der Waals surface area contributed by atoms with Crippen LogP contribution in [0.5, 0.6) is 0 Å². The van der Waals surface area contributed by atoms with E-state index in [1.807, 2.05) is 41.8 Å². The summed E-state index contributed by atoms with van der Waals surface area (Å²) in [5, 5.41) is 14.4. The monoisotopic (exact) mass is 387 g/mol. The summed E-state index contributed by atoms with van der Waals surface area (Å²) in [5.41, 5.74) is 0.981. The smallest absolute Gasteiger partial charge is 0.321 e. The Balaban J connectivity index is 1.53. The van der Waals surface area contributed by atoms with Gasteiger partial charge in [0.1, 0.15) is 0 Å². The maximum atomic E-state index is 12.1. The fourth-order valence-corrected chi connectivity index (χ4v) is 4.04. The first-order chi connectivity index (χ1) is 13.2. The van der Waals surface area contributed by atoms with Gasteiger partial charge in [0.15, 0.2) is 11.0 Å². The van der Waals surface area contributed by atoms with Gasteiger partial charge in [-0.05, 0) is 19.8 Å². The van der Waals surface area contributed by atoms with E-state index in [2.05, 4.69) is 20.8 Å². The topological polar surface area (TPSA) is 88.9 Å². The fraction of sp³-hybridized carbons (Fsp3) is 0.474. The molecule has 1 saturated carbocycles. The van der Waals surface area contributed by atoms with Gasteiger partial charge in [0.2, 0.25) is 5.91 Å². The zero-order chi connectivity index (χ0) is 19.1. The Labute approximate surface area is 163 Å². The quantitative estimate of drug-likeness (QED) is 0.743. The molecule has 1 aromatic heterocycles. The Bertz CT molecular complexity index is 772. The fourth-order valence-electron chi connectivity index (χ4n) is 3.24. The van der Waals surface area contributed by atoms with Crippen molar-refractivity contribution in [3.63, 3.8) is 0 Å². The van der Waals surface area contributed by atoms with E-state index < -0.39 is 6.03 Å². The van der Waals surface area contributed by atoms with Gasteiger partial charge in [-0.3, -0.25) is 10.1 Å². The van der Waals surface area contributed by atoms with Crippen molar-refractivity contribution in [3.05, 3.63) is 30.3 Å². The van der Waals surface area contributed by atoms with Gasteiger partial charge in [-0.15, -0.1) is 10.2 Å². The van der Waals surface area contributed by atoms with Crippen molar-refractivity contribution in [2.75, 3.05) is 5.75 Å². The first-order valence-corrected chi connectivity index (χ1v) is 10.4. The third-order valence-electron chi connectivity index (χ3n) is 4.59. The molecule has 1 aliphatic rings. The number of hydrogen-bond acceptors (Lipinski definition) is 5. The second-order valence-electron chi connectivity index (χ2n) is 6.56. The average Bonchev–Trinajstić information content (AvgIpc) is 3.10. The molecule has 0 spiro atoms. The van der Waals surface area contributed by atoms with Crippen LogP contribution in [0.25, 0.3) is 11.4 Å². The Hall–Kier alpha value is -2.35. The maximum Gasteiger partial charge on any atom is 0.321 e. The van der Waals surface area contributed by atoms with Crippen molar-refractivity contribution in [1.29, 1.82) is 0 Å². The van der Waals surface area contributed by atoms with Crippen LogP contribution in [0.1, 0.15) is 39.0 Å². The number of imide groups is 1. The van der Waals surface area contributed by atoms with Crippen LogP contribution >= 0.6 is 11.8 Å². The van der Waals surface area contributed by atoms with Gasteiger partial charge >= 0.3 is 6.03 Å². The molecule has 3 amide bonds. The van der Waals surface area contributed by atoms with Crippen molar-refractivity contribution in [3.8, 4) is 11.4 Å². The van der Waals surface area contributed by atoms with E-state index in [0.717, 1.165) is 37.1 Å². The van der Waals surface area contributed by atoms with Crippen LogP contribution in [0.15, 0.2) is 35.5 Å². The van der Waals surface area contributed by atoms with E-state index in [4.69, 9.17) is 0 Å². The lowest BCUT2D eigenvalue weighted by Crippen LogP contribution is -2.45. The molecule has 2 N–H and O–H groups in total. The first-order valence-electron chi connectivity index (χ1n) is 9.39. The summed E-state index contributed by atoms with van der Waals surface area (Å²) in [6.45, 7) is 2.71. The van der Waals surface area contributed by atoms with Crippen LogP contribution in [0.4, 0.5) is 4.79 Å². The van der Waals surface area contributed by atoms with Crippen molar-refractivity contribution in [1.82, 2.24) is 25.4 Å². The van der Waals surface area contributed by atoms with E-state index in [-0.39, 0.29) is 17.7 Å². The van der Waals surface area contributed by atoms with Gasteiger partial charge < -0.3 is 9.88 Å². The third-order valence-corrected chi connectivity index (χ3v) is 5.56. The molecule has 1 fully saturated rings. The van der Waals surface area contributed by atoms with E-state index in [9.17, 15) is 9.59 Å². The third kappa shape index (κ3) is 5.32. The van der Waals surface area contributed by atoms with E-state index in [0.29, 0.717) is 11.7 Å². The minimum absolute atomic E-state index is 0.116. The van der Waals surface area contributed by atoms with Crippen LogP contribution in [0.3, 0.4) is 0 Å². The molecule has 0 aliphatic heterocycles. The van der Waals surface area contributed by atoms with E-state index >= 15 is 0 Å². The maximum absolute atomic E-state index is 12.1. The number of nitrogens with one attached hydrogen (secondary N) is 2. The second kappa shape index (κ2) is 9.55. The number of hydrogen-bond donors (Lipinski definition) is 2. The molecule has 1 aromatic carbocycles. The number of benzene rings is 1. The SMILES string of the molecule is CCn1c(SCC(=O)NC(=O)NC2CCCCC2)nnc1-c1ccccc1. The van der Waals surface area contributed by atoms with E-state index in [1.165, 1.54) is 18.2 Å². The molecule has 0 unspecified atom stereocenters. The molecule has 27 heavy (non-hydrogen) atoms. The number of carbonyl (C=O) groups is 2. The summed E-state index contributed by atoms with van der Waals surface area (Å²) in [7, 11) is 0. The number of rotatable bonds is 6. The molecule has 0 atom stereocenters. The minimum Gasteiger partial charge on any atom is -0.335 e. The second-order valence-corrected chi connectivity index (χ2v) is 7.50. The number of carbonyl (C=O) groups excluding carboxylic acids is 2. The van der Waals surface area contributed by atoms with Gasteiger partial charge in [0.05, 0.1) is 5.75 Å². The molecule has 7 nitrogen and oxygen atoms in total. The zero-order valence-corrected chi connectivity index (χ0v) is 16.3. The predicted molar refractivity (Wildman–Crippen MR) is 105 cm³/mol. The predicted octanol–water partition coefficient (Wildman–Crippen LogP) is 3.22. The molecule has 8 heteroatoms. The van der Waals surface area contributed by atoms with E-state index in [1.54, 1.807) is 0 Å². The summed E-state index contributed by atoms with van der Waals surface area (Å²) < 4.78 is 1.97. The highest BCUT2D eigenvalue weighted by molar-refractivity contribution is 7.99. The number of urea groups is 1. The summed E-state index contributed by atoms with van der Waals surface area (Å²) in [4.78, 5) is 24.1. The van der Waals surface area contributed by atoms with Crippen LogP contribution in [0, 0.1) is 0 Å². The standard InChI is InChI=1S/C19H25N5O2S/c1-2-24-17(14-9-5-3-6-10-14)22-23-19(24)27-13-16(25)21-18(26)20-15-11-7-4-8-12-15/h3,5-6,9-10,15H,2,4,7-8,11-13H2,1H3,(H2,20,21,25,26). The lowest BCUT2D eigenvalue weighted by molar-refractivity contribution is -0.117. The Morgan fingerprint density at radius 3 is 2.59 bits per heavy atom. The Morgan fingerprint density at radius 1 is 1.15 bits per heavy atom. The van der Waals surface area contributed by atoms with Gasteiger partial charge in [-0.1, -0.05) is 61.4 Å². The largest absolute Gasteiger partial charge is 0.335 e. The van der Waals surface area contributed by atoms with Crippen molar-refractivity contribution >= 4 is 23.7 Å². The molecule has 1 aliphatic carbocycles. The molecule has 1 heterocycles. The normalized spacial score (nSPS) is 14.7. The molecule has 0 radical (unpaired) electrons. The van der Waals surface area contributed by atoms with Crippen LogP contribution in [-0.2, 0) is 11.3 Å². The highest BCUT2D eigenvalue weighted by Gasteiger charge is 2.18.